The Morgan fingerprint density at radius 1 is 1.27 bits per heavy atom. The lowest BCUT2D eigenvalue weighted by Gasteiger charge is -2.28. The number of nitrogens with two attached hydrogens (primary N) is 1. The number of benzene rings is 1. The summed E-state index contributed by atoms with van der Waals surface area (Å²) in [4.78, 5) is 45.4. The highest BCUT2D eigenvalue weighted by molar-refractivity contribution is 5.92. The van der Waals surface area contributed by atoms with Gasteiger partial charge in [-0.25, -0.2) is 9.78 Å². The van der Waals surface area contributed by atoms with E-state index in [1.807, 2.05) is 0 Å². The number of amides is 2. The summed E-state index contributed by atoms with van der Waals surface area (Å²) in [6.07, 6.45) is 4.37. The van der Waals surface area contributed by atoms with Gasteiger partial charge in [-0.1, -0.05) is 12.1 Å². The van der Waals surface area contributed by atoms with Crippen LogP contribution in [-0.4, -0.2) is 67.5 Å². The minimum absolute atomic E-state index is 0.0812. The quantitative estimate of drug-likeness (QED) is 0.398. The Hall–Kier alpha value is -3.40. The summed E-state index contributed by atoms with van der Waals surface area (Å²) in [5, 5.41) is 21.6. The number of carbonyl (C=O) groups excluding carboxylic acids is 2. The maximum Gasteiger partial charge on any atom is 0.326 e. The Morgan fingerprint density at radius 3 is 2.63 bits per heavy atom. The molecule has 1 aliphatic rings. The Labute approximate surface area is 173 Å². The number of likely N-dealkylation sites (tertiary alicyclic amines) is 1. The molecule has 1 saturated heterocycles. The first-order chi connectivity index (χ1) is 14.3. The number of aromatic nitrogens is 2. The van der Waals surface area contributed by atoms with Crippen molar-refractivity contribution in [3.63, 3.8) is 0 Å². The molecule has 6 N–H and O–H groups in total. The maximum absolute atomic E-state index is 13.1. The molecule has 1 aromatic carbocycles. The predicted molar refractivity (Wildman–Crippen MR) is 106 cm³/mol. The summed E-state index contributed by atoms with van der Waals surface area (Å²) in [5.74, 6) is -1.97. The zero-order valence-electron chi connectivity index (χ0n) is 16.3. The minimum Gasteiger partial charge on any atom is -0.508 e. The van der Waals surface area contributed by atoms with Gasteiger partial charge in [-0.05, 0) is 30.5 Å². The molecule has 2 aromatic rings. The van der Waals surface area contributed by atoms with E-state index < -0.39 is 35.9 Å². The van der Waals surface area contributed by atoms with E-state index in [0.29, 0.717) is 30.6 Å². The second-order valence-electron chi connectivity index (χ2n) is 7.35. The molecule has 2 amide bonds. The second kappa shape index (κ2) is 9.40. The van der Waals surface area contributed by atoms with Gasteiger partial charge in [0.15, 0.2) is 0 Å². The molecule has 1 aliphatic heterocycles. The molecule has 0 bridgehead atoms. The molecule has 0 unspecified atom stereocenters. The van der Waals surface area contributed by atoms with Gasteiger partial charge in [0.25, 0.3) is 0 Å². The van der Waals surface area contributed by atoms with Gasteiger partial charge >= 0.3 is 5.97 Å². The lowest BCUT2D eigenvalue weighted by atomic mass is 10.0. The third kappa shape index (κ3) is 5.15. The molecule has 10 nitrogen and oxygen atoms in total. The first-order valence-corrected chi connectivity index (χ1v) is 9.69. The van der Waals surface area contributed by atoms with Gasteiger partial charge in [0.05, 0.1) is 12.4 Å². The van der Waals surface area contributed by atoms with Crippen molar-refractivity contribution >= 4 is 17.8 Å². The van der Waals surface area contributed by atoms with Crippen LogP contribution in [0, 0.1) is 0 Å². The Morgan fingerprint density at radius 2 is 2.00 bits per heavy atom. The number of hydrogen-bond acceptors (Lipinski definition) is 6. The molecule has 2 heterocycles. The molecule has 0 radical (unpaired) electrons. The minimum atomic E-state index is -1.06. The number of carboxylic acid groups (broad SMARTS) is 1. The van der Waals surface area contributed by atoms with E-state index in [-0.39, 0.29) is 18.6 Å². The van der Waals surface area contributed by atoms with Crippen molar-refractivity contribution in [1.82, 2.24) is 20.2 Å². The molecule has 160 valence electrons. The predicted octanol–water partition coefficient (Wildman–Crippen LogP) is -0.212. The number of nitrogens with one attached hydrogen (secondary N) is 2. The third-order valence-corrected chi connectivity index (χ3v) is 5.14. The molecule has 0 spiro atoms. The molecule has 10 heteroatoms. The number of carbonyl (C=O) groups is 3. The third-order valence-electron chi connectivity index (χ3n) is 5.14. The van der Waals surface area contributed by atoms with Gasteiger partial charge in [0.1, 0.15) is 17.8 Å². The number of phenols is 1. The van der Waals surface area contributed by atoms with Crippen LogP contribution in [0.2, 0.25) is 0 Å². The van der Waals surface area contributed by atoms with Crippen molar-refractivity contribution < 1.29 is 24.6 Å². The molecule has 3 atom stereocenters. The normalized spacial score (nSPS) is 18.0. The summed E-state index contributed by atoms with van der Waals surface area (Å²) < 4.78 is 0. The first-order valence-electron chi connectivity index (χ1n) is 9.69. The maximum atomic E-state index is 13.1. The van der Waals surface area contributed by atoms with Crippen LogP contribution < -0.4 is 11.1 Å². The van der Waals surface area contributed by atoms with Crippen molar-refractivity contribution in [3.05, 3.63) is 48.0 Å². The monoisotopic (exact) mass is 415 g/mol. The summed E-state index contributed by atoms with van der Waals surface area (Å²) >= 11 is 0. The average molecular weight is 415 g/mol. The summed E-state index contributed by atoms with van der Waals surface area (Å²) in [6, 6.07) is 3.46. The topological polar surface area (TPSA) is 162 Å². The SMILES string of the molecule is N[C@@H](Cc1cnc[nH]1)C(=O)N[C@@H](Cc1ccc(O)cc1)C(=O)N1CCC[C@@H]1C(=O)O. The van der Waals surface area contributed by atoms with Gasteiger partial charge in [-0.15, -0.1) is 0 Å². The van der Waals surface area contributed by atoms with Crippen LogP contribution in [0.15, 0.2) is 36.8 Å². The van der Waals surface area contributed by atoms with Crippen LogP contribution in [0.1, 0.15) is 24.1 Å². The van der Waals surface area contributed by atoms with Gasteiger partial charge in [-0.2, -0.15) is 0 Å². The van der Waals surface area contributed by atoms with E-state index in [2.05, 4.69) is 15.3 Å². The van der Waals surface area contributed by atoms with Crippen molar-refractivity contribution in [1.29, 1.82) is 0 Å². The second-order valence-corrected chi connectivity index (χ2v) is 7.35. The van der Waals surface area contributed by atoms with Gasteiger partial charge in [0, 0.05) is 31.3 Å². The molecule has 1 fully saturated rings. The van der Waals surface area contributed by atoms with Gasteiger partial charge in [0.2, 0.25) is 11.8 Å². The fourth-order valence-corrected chi connectivity index (χ4v) is 3.56. The molecule has 0 saturated carbocycles. The average Bonchev–Trinajstić information content (AvgIpc) is 3.40. The van der Waals surface area contributed by atoms with E-state index in [9.17, 15) is 24.6 Å². The summed E-state index contributed by atoms with van der Waals surface area (Å²) in [7, 11) is 0. The number of H-pyrrole nitrogens is 1. The van der Waals surface area contributed by atoms with Gasteiger partial charge in [-0.3, -0.25) is 9.59 Å². The van der Waals surface area contributed by atoms with Crippen molar-refractivity contribution in [3.8, 4) is 5.75 Å². The summed E-state index contributed by atoms with van der Waals surface area (Å²) in [6.45, 7) is 0.317. The number of rotatable bonds is 8. The van der Waals surface area contributed by atoms with Crippen LogP contribution in [-0.2, 0) is 27.2 Å². The fraction of sp³-hybridized carbons (Fsp3) is 0.400. The van der Waals surface area contributed by atoms with Crippen LogP contribution in [0.25, 0.3) is 0 Å². The lowest BCUT2D eigenvalue weighted by molar-refractivity contribution is -0.149. The van der Waals surface area contributed by atoms with Crippen LogP contribution in [0.4, 0.5) is 0 Å². The number of hydrogen-bond donors (Lipinski definition) is 5. The van der Waals surface area contributed by atoms with Crippen molar-refractivity contribution in [2.45, 2.75) is 43.8 Å². The zero-order chi connectivity index (χ0) is 21.7. The van der Waals surface area contributed by atoms with Crippen LogP contribution in [0.5, 0.6) is 5.75 Å². The molecule has 30 heavy (non-hydrogen) atoms. The standard InChI is InChI=1S/C20H25N5O5/c21-15(9-13-10-22-11-23-13)18(27)24-16(8-12-3-5-14(26)6-4-12)19(28)25-7-1-2-17(25)20(29)30/h3-6,10-11,15-17,26H,1-2,7-9,21H2,(H,22,23)(H,24,27)(H,29,30)/t15-,16-,17+/m0/s1. The number of imidazole rings is 1. The number of aliphatic carboxylic acids is 1. The van der Waals surface area contributed by atoms with E-state index >= 15 is 0 Å². The number of carboxylic acids is 1. The number of aromatic amines is 1. The Bertz CT molecular complexity index is 884. The lowest BCUT2D eigenvalue weighted by Crippen LogP contribution is -2.55. The van der Waals surface area contributed by atoms with Crippen LogP contribution in [0.3, 0.4) is 0 Å². The number of phenolic OH excluding ortho intramolecular Hbond substituents is 1. The molecule has 3 rings (SSSR count). The van der Waals surface area contributed by atoms with E-state index in [1.165, 1.54) is 23.4 Å². The molecular weight excluding hydrogens is 390 g/mol. The van der Waals surface area contributed by atoms with E-state index in [0.717, 1.165) is 0 Å². The number of aromatic hydroxyl groups is 1. The van der Waals surface area contributed by atoms with Crippen molar-refractivity contribution in [2.75, 3.05) is 6.54 Å². The van der Waals surface area contributed by atoms with E-state index in [1.54, 1.807) is 18.3 Å². The highest BCUT2D eigenvalue weighted by atomic mass is 16.4. The first kappa shape index (κ1) is 21.3. The summed E-state index contributed by atoms with van der Waals surface area (Å²) in [5.41, 5.74) is 7.38. The largest absolute Gasteiger partial charge is 0.508 e. The molecule has 0 aliphatic carbocycles. The van der Waals surface area contributed by atoms with Crippen molar-refractivity contribution in [2.24, 2.45) is 5.73 Å². The Balaban J connectivity index is 1.76. The smallest absolute Gasteiger partial charge is 0.326 e. The van der Waals surface area contributed by atoms with E-state index in [4.69, 9.17) is 5.73 Å². The highest BCUT2D eigenvalue weighted by Crippen LogP contribution is 2.20. The Kier molecular flexibility index (Phi) is 6.68. The number of nitrogens with zero attached hydrogens (tertiary/aromatic N) is 2. The molecule has 1 aromatic heterocycles. The van der Waals surface area contributed by atoms with Gasteiger partial charge < -0.3 is 31.1 Å². The molecular formula is C20H25N5O5. The fourth-order valence-electron chi connectivity index (χ4n) is 3.56. The zero-order valence-corrected chi connectivity index (χ0v) is 16.3. The highest BCUT2D eigenvalue weighted by Gasteiger charge is 2.38. The van der Waals surface area contributed by atoms with Crippen LogP contribution >= 0.6 is 0 Å².